The average molecular weight is 410 g/mol. The van der Waals surface area contributed by atoms with E-state index in [1.165, 1.54) is 0 Å². The molecule has 0 heterocycles. The highest BCUT2D eigenvalue weighted by Gasteiger charge is 2.25. The maximum atomic E-state index is 14.0. The van der Waals surface area contributed by atoms with Crippen molar-refractivity contribution < 1.29 is 27.0 Å². The Morgan fingerprint density at radius 2 is 0.933 bits per heavy atom. The molecule has 3 aromatic carbocycles. The van der Waals surface area contributed by atoms with Crippen LogP contribution in [0.15, 0.2) is 48.5 Å². The maximum absolute atomic E-state index is 14.0. The summed E-state index contributed by atoms with van der Waals surface area (Å²) in [5, 5.41) is 0. The summed E-state index contributed by atoms with van der Waals surface area (Å²) in [4.78, 5) is 0. The molecule has 0 spiro atoms. The van der Waals surface area contributed by atoms with Crippen LogP contribution in [0.5, 0.6) is 11.5 Å². The van der Waals surface area contributed by atoms with Crippen LogP contribution in [0.4, 0.5) is 17.6 Å². The Kier molecular flexibility index (Phi) is 6.29. The van der Waals surface area contributed by atoms with Crippen molar-refractivity contribution in [1.29, 1.82) is 0 Å². The minimum Gasteiger partial charge on any atom is -0.497 e. The van der Waals surface area contributed by atoms with Crippen molar-refractivity contribution in [2.45, 2.75) is 0 Å². The first-order chi connectivity index (χ1) is 14.4. The highest BCUT2D eigenvalue weighted by Crippen LogP contribution is 2.29. The van der Waals surface area contributed by atoms with Crippen molar-refractivity contribution in [2.75, 3.05) is 14.2 Å². The first-order valence-electron chi connectivity index (χ1n) is 8.62. The van der Waals surface area contributed by atoms with Crippen molar-refractivity contribution in [3.63, 3.8) is 0 Å². The standard InChI is InChI=1S/C24H14F4O2/c1-29-18-12-9-17(10-13-18)8-5-15-3-6-16(7-4-15)11-14-19-20(25)22(27)24(30-2)23(28)21(19)26/h3-4,6-7,9-10,12-13H,1-2H3. The van der Waals surface area contributed by atoms with Gasteiger partial charge < -0.3 is 9.47 Å². The second-order valence-corrected chi connectivity index (χ2v) is 5.97. The fraction of sp³-hybridized carbons (Fsp3) is 0.0833. The number of hydrogen-bond acceptors (Lipinski definition) is 2. The first kappa shape index (κ1) is 20.8. The predicted octanol–water partition coefficient (Wildman–Crippen LogP) is 5.06. The van der Waals surface area contributed by atoms with Crippen LogP contribution in [0.3, 0.4) is 0 Å². The molecule has 0 bridgehead atoms. The van der Waals surface area contributed by atoms with Gasteiger partial charge in [0.1, 0.15) is 11.3 Å². The lowest BCUT2D eigenvalue weighted by Crippen LogP contribution is -2.04. The second-order valence-electron chi connectivity index (χ2n) is 5.97. The molecule has 3 aromatic rings. The molecule has 0 amide bonds. The van der Waals surface area contributed by atoms with Gasteiger partial charge in [-0.2, -0.15) is 8.78 Å². The van der Waals surface area contributed by atoms with Gasteiger partial charge in [0.05, 0.1) is 14.2 Å². The molecule has 30 heavy (non-hydrogen) atoms. The summed E-state index contributed by atoms with van der Waals surface area (Å²) in [5.41, 5.74) is 0.874. The lowest BCUT2D eigenvalue weighted by Gasteiger charge is -2.07. The smallest absolute Gasteiger partial charge is 0.205 e. The van der Waals surface area contributed by atoms with E-state index in [-0.39, 0.29) is 0 Å². The van der Waals surface area contributed by atoms with Crippen molar-refractivity contribution >= 4 is 0 Å². The van der Waals surface area contributed by atoms with Gasteiger partial charge in [0, 0.05) is 16.7 Å². The zero-order valence-electron chi connectivity index (χ0n) is 15.9. The monoisotopic (exact) mass is 410 g/mol. The van der Waals surface area contributed by atoms with Crippen molar-refractivity contribution in [1.82, 2.24) is 0 Å². The Bertz CT molecular complexity index is 1160. The van der Waals surface area contributed by atoms with Crippen LogP contribution in [0.25, 0.3) is 0 Å². The lowest BCUT2D eigenvalue weighted by molar-refractivity contribution is 0.331. The molecular weight excluding hydrogens is 396 g/mol. The third kappa shape index (κ3) is 4.39. The molecule has 0 aliphatic carbocycles. The van der Waals surface area contributed by atoms with Crippen molar-refractivity contribution in [2.24, 2.45) is 0 Å². The normalized spacial score (nSPS) is 9.80. The molecule has 0 aromatic heterocycles. The third-order valence-electron chi connectivity index (χ3n) is 4.09. The van der Waals surface area contributed by atoms with E-state index in [2.05, 4.69) is 28.4 Å². The largest absolute Gasteiger partial charge is 0.497 e. The van der Waals surface area contributed by atoms with Crippen LogP contribution in [-0.2, 0) is 0 Å². The third-order valence-corrected chi connectivity index (χ3v) is 4.09. The minimum atomic E-state index is -1.63. The summed E-state index contributed by atoms with van der Waals surface area (Å²) < 4.78 is 64.9. The number of hydrogen-bond donors (Lipinski definition) is 0. The lowest BCUT2D eigenvalue weighted by atomic mass is 10.1. The van der Waals surface area contributed by atoms with Gasteiger partial charge in [0.25, 0.3) is 0 Å². The molecule has 0 saturated carbocycles. The average Bonchev–Trinajstić information content (AvgIpc) is 2.78. The minimum absolute atomic E-state index is 0.389. The van der Waals surface area contributed by atoms with E-state index >= 15 is 0 Å². The zero-order chi connectivity index (χ0) is 21.7. The van der Waals surface area contributed by atoms with Crippen LogP contribution in [0.1, 0.15) is 22.3 Å². The molecule has 0 fully saturated rings. The summed E-state index contributed by atoms with van der Waals surface area (Å²) >= 11 is 0. The molecule has 0 N–H and O–H groups in total. The van der Waals surface area contributed by atoms with E-state index in [1.807, 2.05) is 12.1 Å². The molecular formula is C24H14F4O2. The Balaban J connectivity index is 1.83. The van der Waals surface area contributed by atoms with E-state index < -0.39 is 34.6 Å². The van der Waals surface area contributed by atoms with Crippen molar-refractivity contribution in [3.8, 4) is 35.2 Å². The Labute approximate surface area is 171 Å². The van der Waals surface area contributed by atoms with E-state index in [1.54, 1.807) is 43.5 Å². The summed E-state index contributed by atoms with van der Waals surface area (Å²) in [7, 11) is 2.49. The van der Waals surface area contributed by atoms with E-state index in [0.717, 1.165) is 18.4 Å². The van der Waals surface area contributed by atoms with E-state index in [9.17, 15) is 17.6 Å². The molecule has 0 aliphatic heterocycles. The summed E-state index contributed by atoms with van der Waals surface area (Å²) in [5.74, 6) is 3.69. The van der Waals surface area contributed by atoms with Crippen LogP contribution in [0.2, 0.25) is 0 Å². The molecule has 0 atom stereocenters. The summed E-state index contributed by atoms with van der Waals surface area (Å²) in [6.07, 6.45) is 0. The van der Waals surface area contributed by atoms with Crippen LogP contribution >= 0.6 is 0 Å². The van der Waals surface area contributed by atoms with Gasteiger partial charge in [-0.1, -0.05) is 23.7 Å². The molecule has 2 nitrogen and oxygen atoms in total. The van der Waals surface area contributed by atoms with Gasteiger partial charge in [-0.25, -0.2) is 8.78 Å². The zero-order valence-corrected chi connectivity index (χ0v) is 15.9. The van der Waals surface area contributed by atoms with Gasteiger partial charge in [-0.05, 0) is 48.5 Å². The van der Waals surface area contributed by atoms with Gasteiger partial charge in [0.2, 0.25) is 11.6 Å². The van der Waals surface area contributed by atoms with Crippen LogP contribution in [0, 0.1) is 47.0 Å². The first-order valence-corrected chi connectivity index (χ1v) is 8.62. The van der Waals surface area contributed by atoms with Crippen LogP contribution in [-0.4, -0.2) is 14.2 Å². The number of methoxy groups -OCH3 is 2. The topological polar surface area (TPSA) is 18.5 Å². The summed E-state index contributed by atoms with van der Waals surface area (Å²) in [6, 6.07) is 13.7. The van der Waals surface area contributed by atoms with Gasteiger partial charge in [0.15, 0.2) is 17.4 Å². The molecule has 0 unspecified atom stereocenters. The Morgan fingerprint density at radius 1 is 0.533 bits per heavy atom. The van der Waals surface area contributed by atoms with Gasteiger partial charge >= 0.3 is 0 Å². The summed E-state index contributed by atoms with van der Waals surface area (Å²) in [6.45, 7) is 0. The molecule has 0 saturated heterocycles. The second kappa shape index (κ2) is 9.07. The Hall–Kier alpha value is -3.90. The van der Waals surface area contributed by atoms with Crippen molar-refractivity contribution in [3.05, 3.63) is 94.1 Å². The molecule has 3 rings (SSSR count). The quantitative estimate of drug-likeness (QED) is 0.334. The number of benzene rings is 3. The number of halogens is 4. The highest BCUT2D eigenvalue weighted by atomic mass is 19.2. The maximum Gasteiger partial charge on any atom is 0.205 e. The molecule has 0 aliphatic rings. The Morgan fingerprint density at radius 3 is 1.33 bits per heavy atom. The van der Waals surface area contributed by atoms with Gasteiger partial charge in [-0.15, -0.1) is 0 Å². The molecule has 150 valence electrons. The fourth-order valence-corrected chi connectivity index (χ4v) is 2.49. The number of ether oxygens (including phenoxy) is 2. The van der Waals surface area contributed by atoms with E-state index in [0.29, 0.717) is 11.1 Å². The number of rotatable bonds is 2. The SMILES string of the molecule is COc1ccc(C#Cc2ccc(C#Cc3c(F)c(F)c(OC)c(F)c3F)cc2)cc1. The molecule has 0 radical (unpaired) electrons. The highest BCUT2D eigenvalue weighted by molar-refractivity contribution is 5.50. The predicted molar refractivity (Wildman–Crippen MR) is 104 cm³/mol. The van der Waals surface area contributed by atoms with Crippen LogP contribution < -0.4 is 9.47 Å². The van der Waals surface area contributed by atoms with E-state index in [4.69, 9.17) is 4.74 Å². The molecule has 6 heteroatoms. The van der Waals surface area contributed by atoms with Gasteiger partial charge in [-0.3, -0.25) is 0 Å². The fourth-order valence-electron chi connectivity index (χ4n) is 2.49.